The number of aryl methyl sites for hydroxylation is 2. The van der Waals surface area contributed by atoms with E-state index >= 15 is 0 Å². The quantitative estimate of drug-likeness (QED) is 0.563. The van der Waals surface area contributed by atoms with Crippen molar-refractivity contribution in [1.82, 2.24) is 24.3 Å². The molecule has 150 valence electrons. The van der Waals surface area contributed by atoms with Gasteiger partial charge in [-0.05, 0) is 34.4 Å². The average Bonchev–Trinajstić information content (AvgIpc) is 3.23. The molecule has 0 fully saturated rings. The van der Waals surface area contributed by atoms with Crippen molar-refractivity contribution in [3.63, 3.8) is 0 Å². The SMILES string of the molecule is Cn1cc(-c2cccc(CN)c2)c(-c2ccccc2)ccnc(-c2nccn2C)n1. The number of nitrogens with zero attached hydrogens (tertiary/aromatic N) is 5. The van der Waals surface area contributed by atoms with Gasteiger partial charge in [0, 0.05) is 51.0 Å². The zero-order valence-electron chi connectivity index (χ0n) is 17.1. The highest BCUT2D eigenvalue weighted by Gasteiger charge is 2.09. The number of aromatic nitrogens is 5. The molecule has 4 rings (SSSR count). The van der Waals surface area contributed by atoms with Gasteiger partial charge in [0.1, 0.15) is 0 Å². The molecule has 0 aliphatic heterocycles. The molecule has 0 amide bonds. The maximum atomic E-state index is 5.89. The number of hydrogen-bond donors (Lipinski definition) is 1. The normalized spacial score (nSPS) is 10.6. The molecule has 30 heavy (non-hydrogen) atoms. The van der Waals surface area contributed by atoms with Crippen molar-refractivity contribution in [2.24, 2.45) is 19.8 Å². The molecule has 0 aliphatic carbocycles. The molecular formula is C24H24N6. The van der Waals surface area contributed by atoms with Crippen molar-refractivity contribution in [2.45, 2.75) is 6.54 Å². The molecule has 6 heteroatoms. The van der Waals surface area contributed by atoms with Crippen LogP contribution in [0.4, 0.5) is 0 Å². The number of imidazole rings is 1. The van der Waals surface area contributed by atoms with Crippen LogP contribution in [0.1, 0.15) is 5.56 Å². The van der Waals surface area contributed by atoms with Crippen molar-refractivity contribution in [3.05, 3.63) is 91.0 Å². The lowest BCUT2D eigenvalue weighted by molar-refractivity contribution is 0.736. The van der Waals surface area contributed by atoms with Gasteiger partial charge in [-0.1, -0.05) is 48.5 Å². The Morgan fingerprint density at radius 3 is 2.37 bits per heavy atom. The Labute approximate surface area is 176 Å². The van der Waals surface area contributed by atoms with Crippen LogP contribution < -0.4 is 5.73 Å². The molecule has 2 aromatic carbocycles. The Bertz CT molecular complexity index is 1210. The summed E-state index contributed by atoms with van der Waals surface area (Å²) in [4.78, 5) is 9.00. The predicted molar refractivity (Wildman–Crippen MR) is 120 cm³/mol. The second-order valence-corrected chi connectivity index (χ2v) is 7.03. The molecule has 2 aromatic heterocycles. The van der Waals surface area contributed by atoms with E-state index in [1.807, 2.05) is 67.5 Å². The summed E-state index contributed by atoms with van der Waals surface area (Å²) in [5.74, 6) is 1.25. The minimum absolute atomic E-state index is 0.490. The van der Waals surface area contributed by atoms with Crippen molar-refractivity contribution < 1.29 is 0 Å². The van der Waals surface area contributed by atoms with Crippen LogP contribution in [0.2, 0.25) is 0 Å². The van der Waals surface area contributed by atoms with E-state index in [9.17, 15) is 0 Å². The molecule has 0 spiro atoms. The molecular weight excluding hydrogens is 372 g/mol. The smallest absolute Gasteiger partial charge is 0.215 e. The molecule has 2 N–H and O–H groups in total. The van der Waals surface area contributed by atoms with Crippen molar-refractivity contribution in [3.8, 4) is 33.9 Å². The summed E-state index contributed by atoms with van der Waals surface area (Å²) in [6.07, 6.45) is 7.43. The Balaban J connectivity index is 2.01. The van der Waals surface area contributed by atoms with E-state index < -0.39 is 0 Å². The van der Waals surface area contributed by atoms with Crippen LogP contribution in [0, 0.1) is 0 Å². The van der Waals surface area contributed by atoms with Crippen LogP contribution in [0.25, 0.3) is 33.9 Å². The lowest BCUT2D eigenvalue weighted by atomic mass is 9.96. The highest BCUT2D eigenvalue weighted by atomic mass is 15.3. The first kappa shape index (κ1) is 19.5. The largest absolute Gasteiger partial charge is 0.331 e. The Morgan fingerprint density at radius 1 is 0.833 bits per heavy atom. The highest BCUT2D eigenvalue weighted by Crippen LogP contribution is 2.31. The van der Waals surface area contributed by atoms with Gasteiger partial charge in [-0.15, -0.1) is 5.10 Å². The summed E-state index contributed by atoms with van der Waals surface area (Å²) in [6, 6.07) is 20.6. The van der Waals surface area contributed by atoms with Gasteiger partial charge in [-0.3, -0.25) is 4.68 Å². The maximum Gasteiger partial charge on any atom is 0.215 e. The summed E-state index contributed by atoms with van der Waals surface area (Å²) in [6.45, 7) is 0.490. The molecule has 4 aromatic rings. The van der Waals surface area contributed by atoms with Gasteiger partial charge >= 0.3 is 0 Å². The van der Waals surface area contributed by atoms with Gasteiger partial charge < -0.3 is 10.3 Å². The van der Waals surface area contributed by atoms with Gasteiger partial charge in [0.05, 0.1) is 0 Å². The van der Waals surface area contributed by atoms with Crippen LogP contribution in [-0.4, -0.2) is 24.3 Å². The Morgan fingerprint density at radius 2 is 1.63 bits per heavy atom. The fraction of sp³-hybridized carbons (Fsp3) is 0.125. The van der Waals surface area contributed by atoms with E-state index in [1.165, 1.54) is 0 Å². The Hall–Kier alpha value is -3.77. The third-order valence-corrected chi connectivity index (χ3v) is 4.88. The summed E-state index contributed by atoms with van der Waals surface area (Å²) in [7, 11) is 3.83. The third kappa shape index (κ3) is 4.14. The van der Waals surface area contributed by atoms with Crippen LogP contribution in [0.15, 0.2) is 85.5 Å². The van der Waals surface area contributed by atoms with Gasteiger partial charge in [0.15, 0.2) is 5.82 Å². The number of nitrogens with two attached hydrogens (primary N) is 1. The van der Waals surface area contributed by atoms with Crippen LogP contribution in [0.3, 0.4) is 0 Å². The molecule has 0 unspecified atom stereocenters. The zero-order chi connectivity index (χ0) is 20.9. The summed E-state index contributed by atoms with van der Waals surface area (Å²) < 4.78 is 3.69. The third-order valence-electron chi connectivity index (χ3n) is 4.88. The topological polar surface area (TPSA) is 74.6 Å². The lowest BCUT2D eigenvalue weighted by Gasteiger charge is -2.10. The number of hydrogen-bond acceptors (Lipinski definition) is 4. The first-order chi connectivity index (χ1) is 14.7. The van der Waals surface area contributed by atoms with E-state index in [1.54, 1.807) is 17.1 Å². The molecule has 0 aliphatic rings. The summed E-state index contributed by atoms with van der Waals surface area (Å²) in [5, 5.41) is 4.68. The standard InChI is InChI=1S/C24H24N6/c1-29-14-13-27-24(29)23-26-12-11-21(19-8-4-3-5-9-19)22(17-30(2)28-23)20-10-6-7-18(15-20)16-25/h3-15,17H,16,25H2,1-2H3. The van der Waals surface area contributed by atoms with E-state index in [-0.39, 0.29) is 0 Å². The summed E-state index contributed by atoms with van der Waals surface area (Å²) in [5.41, 5.74) is 11.2. The van der Waals surface area contributed by atoms with Gasteiger partial charge in [-0.25, -0.2) is 9.97 Å². The lowest BCUT2D eigenvalue weighted by Crippen LogP contribution is -2.01. The molecule has 0 atom stereocenters. The Kier molecular flexibility index (Phi) is 5.68. The van der Waals surface area contributed by atoms with E-state index in [0.29, 0.717) is 18.2 Å². The van der Waals surface area contributed by atoms with E-state index in [4.69, 9.17) is 5.73 Å². The zero-order valence-corrected chi connectivity index (χ0v) is 17.1. The van der Waals surface area contributed by atoms with Crippen LogP contribution in [-0.2, 0) is 20.6 Å². The second kappa shape index (κ2) is 8.71. The minimum Gasteiger partial charge on any atom is -0.331 e. The fourth-order valence-electron chi connectivity index (χ4n) is 3.38. The molecule has 6 nitrogen and oxygen atoms in total. The predicted octanol–water partition coefficient (Wildman–Crippen LogP) is 4.13. The number of rotatable bonds is 4. The molecule has 0 bridgehead atoms. The second-order valence-electron chi connectivity index (χ2n) is 7.03. The van der Waals surface area contributed by atoms with Crippen LogP contribution in [0.5, 0.6) is 0 Å². The van der Waals surface area contributed by atoms with Crippen LogP contribution >= 0.6 is 0 Å². The maximum absolute atomic E-state index is 5.89. The first-order valence-corrected chi connectivity index (χ1v) is 9.76. The molecule has 2 heterocycles. The fourth-order valence-corrected chi connectivity index (χ4v) is 3.38. The van der Waals surface area contributed by atoms with Crippen molar-refractivity contribution in [1.29, 1.82) is 0 Å². The monoisotopic (exact) mass is 396 g/mol. The van der Waals surface area contributed by atoms with E-state index in [0.717, 1.165) is 27.8 Å². The van der Waals surface area contributed by atoms with Gasteiger partial charge in [0.2, 0.25) is 5.82 Å². The summed E-state index contributed by atoms with van der Waals surface area (Å²) >= 11 is 0. The van der Waals surface area contributed by atoms with Gasteiger partial charge in [0.25, 0.3) is 0 Å². The molecule has 0 saturated carbocycles. The first-order valence-electron chi connectivity index (χ1n) is 9.76. The molecule has 0 saturated heterocycles. The number of benzene rings is 2. The average molecular weight is 396 g/mol. The minimum atomic E-state index is 0.490. The van der Waals surface area contributed by atoms with Crippen molar-refractivity contribution in [2.75, 3.05) is 0 Å². The van der Waals surface area contributed by atoms with E-state index in [2.05, 4.69) is 39.3 Å². The molecule has 0 radical (unpaired) electrons. The van der Waals surface area contributed by atoms with Gasteiger partial charge in [-0.2, -0.15) is 0 Å². The highest BCUT2D eigenvalue weighted by molar-refractivity contribution is 5.82. The van der Waals surface area contributed by atoms with Crippen molar-refractivity contribution >= 4 is 0 Å².